The van der Waals surface area contributed by atoms with E-state index in [1.807, 2.05) is 4.90 Å². The van der Waals surface area contributed by atoms with Gasteiger partial charge in [-0.3, -0.25) is 9.59 Å². The second-order valence-corrected chi connectivity index (χ2v) is 5.59. The minimum Gasteiger partial charge on any atom is -0.481 e. The molecule has 1 atom stereocenters. The zero-order chi connectivity index (χ0) is 15.0. The van der Waals surface area contributed by atoms with Gasteiger partial charge in [0.2, 0.25) is 0 Å². The molecule has 0 aromatic heterocycles. The molecule has 116 valence electrons. The number of nitrogens with zero attached hydrogens (tertiary/aromatic N) is 2. The van der Waals surface area contributed by atoms with Crippen molar-refractivity contribution in [2.24, 2.45) is 5.92 Å². The zero-order valence-electron chi connectivity index (χ0n) is 12.3. The average Bonchev–Trinajstić information content (AvgIpc) is 2.42. The molecule has 2 N–H and O–H groups in total. The van der Waals surface area contributed by atoms with Gasteiger partial charge in [-0.25, -0.2) is 0 Å². The standard InChI is InChI=1S/C14H26N2O4/c1-12(14(19)20)11-16(8-5-13(17)18)10-9-15-6-3-2-4-7-15/h12H,2-11H2,1H3,(H,17,18)(H,19,20). The van der Waals surface area contributed by atoms with Crippen LogP contribution in [-0.4, -0.2) is 71.2 Å². The van der Waals surface area contributed by atoms with Gasteiger partial charge in [-0.05, 0) is 25.9 Å². The van der Waals surface area contributed by atoms with E-state index in [1.54, 1.807) is 6.92 Å². The number of carbonyl (C=O) groups is 2. The first-order valence-electron chi connectivity index (χ1n) is 7.38. The molecule has 1 saturated heterocycles. The van der Waals surface area contributed by atoms with E-state index in [0.29, 0.717) is 13.1 Å². The number of piperidine rings is 1. The molecular formula is C14H26N2O4. The van der Waals surface area contributed by atoms with Crippen LogP contribution in [0.2, 0.25) is 0 Å². The van der Waals surface area contributed by atoms with E-state index in [1.165, 1.54) is 19.3 Å². The Kier molecular flexibility index (Phi) is 7.54. The smallest absolute Gasteiger partial charge is 0.307 e. The van der Waals surface area contributed by atoms with Crippen LogP contribution in [0.5, 0.6) is 0 Å². The van der Waals surface area contributed by atoms with Gasteiger partial charge < -0.3 is 20.0 Å². The molecule has 1 fully saturated rings. The van der Waals surface area contributed by atoms with Crippen molar-refractivity contribution >= 4 is 11.9 Å². The van der Waals surface area contributed by atoms with E-state index in [2.05, 4.69) is 4.90 Å². The highest BCUT2D eigenvalue weighted by Gasteiger charge is 2.18. The topological polar surface area (TPSA) is 81.1 Å². The first kappa shape index (κ1) is 16.9. The monoisotopic (exact) mass is 286 g/mol. The summed E-state index contributed by atoms with van der Waals surface area (Å²) < 4.78 is 0. The fourth-order valence-corrected chi connectivity index (χ4v) is 2.48. The van der Waals surface area contributed by atoms with E-state index < -0.39 is 17.9 Å². The van der Waals surface area contributed by atoms with Gasteiger partial charge in [-0.2, -0.15) is 0 Å². The van der Waals surface area contributed by atoms with E-state index in [0.717, 1.165) is 26.2 Å². The van der Waals surface area contributed by atoms with Gasteiger partial charge in [-0.15, -0.1) is 0 Å². The molecule has 0 aliphatic carbocycles. The molecule has 0 saturated carbocycles. The lowest BCUT2D eigenvalue weighted by Crippen LogP contribution is -2.41. The van der Waals surface area contributed by atoms with E-state index in [4.69, 9.17) is 10.2 Å². The number of rotatable bonds is 9. The first-order valence-corrected chi connectivity index (χ1v) is 7.38. The third-order valence-corrected chi connectivity index (χ3v) is 3.78. The van der Waals surface area contributed by atoms with Crippen LogP contribution in [0.25, 0.3) is 0 Å². The summed E-state index contributed by atoms with van der Waals surface area (Å²) in [5.74, 6) is -2.13. The highest BCUT2D eigenvalue weighted by atomic mass is 16.4. The number of carboxylic acid groups (broad SMARTS) is 2. The maximum absolute atomic E-state index is 10.9. The first-order chi connectivity index (χ1) is 9.49. The summed E-state index contributed by atoms with van der Waals surface area (Å²) in [4.78, 5) is 25.9. The molecule has 20 heavy (non-hydrogen) atoms. The van der Waals surface area contributed by atoms with Crippen LogP contribution in [0.15, 0.2) is 0 Å². The third-order valence-electron chi connectivity index (χ3n) is 3.78. The second-order valence-electron chi connectivity index (χ2n) is 5.59. The maximum Gasteiger partial charge on any atom is 0.307 e. The molecule has 0 spiro atoms. The third kappa shape index (κ3) is 6.86. The Hall–Kier alpha value is -1.14. The van der Waals surface area contributed by atoms with Crippen LogP contribution in [0.1, 0.15) is 32.6 Å². The van der Waals surface area contributed by atoms with Crippen molar-refractivity contribution in [2.75, 3.05) is 39.3 Å². The molecule has 0 amide bonds. The lowest BCUT2D eigenvalue weighted by molar-refractivity contribution is -0.141. The predicted octanol–water partition coefficient (Wildman–Crippen LogP) is 0.970. The summed E-state index contributed by atoms with van der Waals surface area (Å²) in [6.07, 6.45) is 3.79. The number of carboxylic acids is 2. The van der Waals surface area contributed by atoms with Gasteiger partial charge in [-0.1, -0.05) is 13.3 Å². The number of likely N-dealkylation sites (tertiary alicyclic amines) is 1. The number of hydrogen-bond acceptors (Lipinski definition) is 4. The minimum atomic E-state index is -0.837. The van der Waals surface area contributed by atoms with Crippen molar-refractivity contribution in [3.8, 4) is 0 Å². The molecule has 0 aromatic carbocycles. The number of hydrogen-bond donors (Lipinski definition) is 2. The fraction of sp³-hybridized carbons (Fsp3) is 0.857. The molecule has 1 heterocycles. The molecule has 6 nitrogen and oxygen atoms in total. The van der Waals surface area contributed by atoms with Crippen LogP contribution in [0.4, 0.5) is 0 Å². The highest BCUT2D eigenvalue weighted by Crippen LogP contribution is 2.09. The summed E-state index contributed by atoms with van der Waals surface area (Å²) in [6.45, 7) is 6.33. The highest BCUT2D eigenvalue weighted by molar-refractivity contribution is 5.69. The Morgan fingerprint density at radius 2 is 1.80 bits per heavy atom. The molecule has 1 rings (SSSR count). The summed E-state index contributed by atoms with van der Waals surface area (Å²) >= 11 is 0. The van der Waals surface area contributed by atoms with Crippen LogP contribution < -0.4 is 0 Å². The Labute approximate surface area is 120 Å². The van der Waals surface area contributed by atoms with Crippen molar-refractivity contribution in [1.82, 2.24) is 9.80 Å². The van der Waals surface area contributed by atoms with E-state index >= 15 is 0 Å². The molecule has 6 heteroatoms. The zero-order valence-corrected chi connectivity index (χ0v) is 12.3. The van der Waals surface area contributed by atoms with E-state index in [9.17, 15) is 9.59 Å². The average molecular weight is 286 g/mol. The van der Waals surface area contributed by atoms with Crippen LogP contribution >= 0.6 is 0 Å². The van der Waals surface area contributed by atoms with Crippen molar-refractivity contribution in [3.63, 3.8) is 0 Å². The molecule has 0 aromatic rings. The molecule has 1 aliphatic rings. The van der Waals surface area contributed by atoms with Gasteiger partial charge in [0, 0.05) is 26.2 Å². The van der Waals surface area contributed by atoms with Crippen molar-refractivity contribution in [3.05, 3.63) is 0 Å². The SMILES string of the molecule is CC(CN(CCC(=O)O)CCN1CCCCC1)C(=O)O. The van der Waals surface area contributed by atoms with Crippen molar-refractivity contribution in [1.29, 1.82) is 0 Å². The summed E-state index contributed by atoms with van der Waals surface area (Å²) in [5.41, 5.74) is 0. The lowest BCUT2D eigenvalue weighted by atomic mass is 10.1. The molecule has 0 bridgehead atoms. The second kappa shape index (κ2) is 8.92. The molecule has 1 unspecified atom stereocenters. The van der Waals surface area contributed by atoms with Crippen LogP contribution in [-0.2, 0) is 9.59 Å². The van der Waals surface area contributed by atoms with Crippen molar-refractivity contribution in [2.45, 2.75) is 32.6 Å². The normalized spacial score (nSPS) is 18.1. The van der Waals surface area contributed by atoms with Gasteiger partial charge in [0.1, 0.15) is 0 Å². The fourth-order valence-electron chi connectivity index (χ4n) is 2.48. The minimum absolute atomic E-state index is 0.0618. The van der Waals surface area contributed by atoms with Gasteiger partial charge >= 0.3 is 11.9 Å². The maximum atomic E-state index is 10.9. The van der Waals surface area contributed by atoms with Crippen LogP contribution in [0, 0.1) is 5.92 Å². The lowest BCUT2D eigenvalue weighted by Gasteiger charge is -2.30. The molecular weight excluding hydrogens is 260 g/mol. The van der Waals surface area contributed by atoms with Crippen LogP contribution in [0.3, 0.4) is 0 Å². The molecule has 0 radical (unpaired) electrons. The quantitative estimate of drug-likeness (QED) is 0.657. The molecule has 1 aliphatic heterocycles. The van der Waals surface area contributed by atoms with Gasteiger partial charge in [0.15, 0.2) is 0 Å². The Bertz CT molecular complexity index is 316. The summed E-state index contributed by atoms with van der Waals surface area (Å²) in [5, 5.41) is 17.7. The van der Waals surface area contributed by atoms with Gasteiger partial charge in [0.25, 0.3) is 0 Å². The van der Waals surface area contributed by atoms with Gasteiger partial charge in [0.05, 0.1) is 12.3 Å². The Morgan fingerprint density at radius 3 is 2.35 bits per heavy atom. The van der Waals surface area contributed by atoms with E-state index in [-0.39, 0.29) is 6.42 Å². The summed E-state index contributed by atoms with van der Waals surface area (Å²) in [7, 11) is 0. The predicted molar refractivity (Wildman–Crippen MR) is 75.8 cm³/mol. The van der Waals surface area contributed by atoms with Crippen molar-refractivity contribution < 1.29 is 19.8 Å². The Balaban J connectivity index is 2.39. The number of aliphatic carboxylic acids is 2. The summed E-state index contributed by atoms with van der Waals surface area (Å²) in [6, 6.07) is 0. The largest absolute Gasteiger partial charge is 0.481 e. The Morgan fingerprint density at radius 1 is 1.15 bits per heavy atom.